The number of hydrogen-bond donors (Lipinski definition) is 1. The maximum atomic E-state index is 13.0. The third kappa shape index (κ3) is 2.91. The predicted octanol–water partition coefficient (Wildman–Crippen LogP) is 3.93. The van der Waals surface area contributed by atoms with E-state index in [1.54, 1.807) is 26.0 Å². The highest BCUT2D eigenvalue weighted by Crippen LogP contribution is 2.28. The average molecular weight is 260 g/mol. The molecule has 0 fully saturated rings. The minimum atomic E-state index is -0.979. The van der Waals surface area contributed by atoms with Crippen LogP contribution in [0.25, 0.3) is 0 Å². The van der Waals surface area contributed by atoms with Crippen LogP contribution in [0.5, 0.6) is 11.5 Å². The number of carboxylic acids is 1. The van der Waals surface area contributed by atoms with Crippen LogP contribution >= 0.6 is 0 Å². The second-order valence-electron chi connectivity index (χ2n) is 4.30. The highest BCUT2D eigenvalue weighted by atomic mass is 19.1. The van der Waals surface area contributed by atoms with Crippen LogP contribution in [0.3, 0.4) is 0 Å². The van der Waals surface area contributed by atoms with E-state index < -0.39 is 5.97 Å². The highest BCUT2D eigenvalue weighted by Gasteiger charge is 2.08. The summed E-state index contributed by atoms with van der Waals surface area (Å²) in [5, 5.41) is 8.88. The van der Waals surface area contributed by atoms with E-state index in [2.05, 4.69) is 0 Å². The minimum absolute atomic E-state index is 0.209. The lowest BCUT2D eigenvalue weighted by Gasteiger charge is -2.11. The summed E-state index contributed by atoms with van der Waals surface area (Å²) in [6.07, 6.45) is 0. The Bertz CT molecular complexity index is 635. The minimum Gasteiger partial charge on any atom is -0.478 e. The van der Waals surface area contributed by atoms with Crippen molar-refractivity contribution in [3.8, 4) is 11.5 Å². The average Bonchev–Trinajstić information content (AvgIpc) is 2.34. The van der Waals surface area contributed by atoms with Gasteiger partial charge in [0.25, 0.3) is 0 Å². The van der Waals surface area contributed by atoms with Crippen molar-refractivity contribution in [1.82, 2.24) is 0 Å². The molecule has 0 aliphatic rings. The molecule has 0 radical (unpaired) electrons. The lowest BCUT2D eigenvalue weighted by Crippen LogP contribution is -1.98. The first-order valence-corrected chi connectivity index (χ1v) is 5.75. The van der Waals surface area contributed by atoms with Crippen molar-refractivity contribution in [1.29, 1.82) is 0 Å². The number of aromatic carboxylic acids is 1. The van der Waals surface area contributed by atoms with Crippen molar-refractivity contribution in [2.75, 3.05) is 0 Å². The Morgan fingerprint density at radius 3 is 2.16 bits per heavy atom. The number of ether oxygens (including phenoxy) is 1. The van der Waals surface area contributed by atoms with Crippen molar-refractivity contribution in [2.24, 2.45) is 0 Å². The Morgan fingerprint density at radius 2 is 1.63 bits per heavy atom. The van der Waals surface area contributed by atoms with E-state index in [9.17, 15) is 9.18 Å². The summed E-state index contributed by atoms with van der Waals surface area (Å²) in [6, 6.07) is 8.87. The van der Waals surface area contributed by atoms with Gasteiger partial charge in [-0.05, 0) is 61.4 Å². The van der Waals surface area contributed by atoms with Gasteiger partial charge in [-0.15, -0.1) is 0 Å². The molecule has 0 saturated carbocycles. The number of benzene rings is 2. The van der Waals surface area contributed by atoms with Gasteiger partial charge in [-0.2, -0.15) is 0 Å². The molecule has 4 heteroatoms. The zero-order valence-corrected chi connectivity index (χ0v) is 10.6. The van der Waals surface area contributed by atoms with Gasteiger partial charge in [-0.25, -0.2) is 9.18 Å². The number of halogens is 1. The smallest absolute Gasteiger partial charge is 0.335 e. The number of hydrogen-bond acceptors (Lipinski definition) is 2. The predicted molar refractivity (Wildman–Crippen MR) is 69.3 cm³/mol. The van der Waals surface area contributed by atoms with Crippen LogP contribution < -0.4 is 4.74 Å². The van der Waals surface area contributed by atoms with Crippen molar-refractivity contribution in [3.05, 3.63) is 58.9 Å². The summed E-state index contributed by atoms with van der Waals surface area (Å²) in [5.41, 5.74) is 1.60. The van der Waals surface area contributed by atoms with Crippen LogP contribution in [0.2, 0.25) is 0 Å². The molecule has 0 amide bonds. The van der Waals surface area contributed by atoms with Gasteiger partial charge in [0, 0.05) is 0 Å². The molecule has 0 heterocycles. The van der Waals surface area contributed by atoms with Gasteiger partial charge < -0.3 is 9.84 Å². The highest BCUT2D eigenvalue weighted by molar-refractivity contribution is 5.88. The molecule has 0 aromatic heterocycles. The van der Waals surface area contributed by atoms with Gasteiger partial charge in [0.15, 0.2) is 0 Å². The summed E-state index contributed by atoms with van der Waals surface area (Å²) in [7, 11) is 0. The lowest BCUT2D eigenvalue weighted by atomic mass is 10.1. The fraction of sp³-hybridized carbons (Fsp3) is 0.133. The van der Waals surface area contributed by atoms with E-state index in [-0.39, 0.29) is 11.4 Å². The molecular weight excluding hydrogens is 247 g/mol. The number of carbonyl (C=O) groups is 1. The Balaban J connectivity index is 2.31. The topological polar surface area (TPSA) is 46.5 Å². The van der Waals surface area contributed by atoms with Crippen molar-refractivity contribution < 1.29 is 19.0 Å². The van der Waals surface area contributed by atoms with E-state index in [4.69, 9.17) is 9.84 Å². The third-order valence-electron chi connectivity index (χ3n) is 2.78. The number of aryl methyl sites for hydroxylation is 2. The maximum absolute atomic E-state index is 13.0. The van der Waals surface area contributed by atoms with Crippen LogP contribution in [0.4, 0.5) is 4.39 Å². The van der Waals surface area contributed by atoms with Crippen LogP contribution in [0.15, 0.2) is 36.4 Å². The standard InChI is InChI=1S/C15H13FO3/c1-9-7-11(15(17)18)3-5-13(9)19-14-6-4-12(16)8-10(14)2/h3-8H,1-2H3,(H,17,18). The molecular formula is C15H13FO3. The molecule has 1 N–H and O–H groups in total. The molecule has 0 unspecified atom stereocenters. The van der Waals surface area contributed by atoms with Gasteiger partial charge in [0.2, 0.25) is 0 Å². The largest absolute Gasteiger partial charge is 0.478 e. The first kappa shape index (κ1) is 13.1. The van der Waals surface area contributed by atoms with Gasteiger partial charge in [0.05, 0.1) is 5.56 Å². The van der Waals surface area contributed by atoms with E-state index in [1.165, 1.54) is 24.3 Å². The Labute approximate surface area is 110 Å². The van der Waals surface area contributed by atoms with Gasteiger partial charge in [-0.1, -0.05) is 0 Å². The summed E-state index contributed by atoms with van der Waals surface area (Å²) >= 11 is 0. The van der Waals surface area contributed by atoms with Gasteiger partial charge in [-0.3, -0.25) is 0 Å². The second-order valence-corrected chi connectivity index (χ2v) is 4.30. The summed E-state index contributed by atoms with van der Waals surface area (Å²) < 4.78 is 18.7. The Morgan fingerprint density at radius 1 is 1.05 bits per heavy atom. The quantitative estimate of drug-likeness (QED) is 0.909. The van der Waals surface area contributed by atoms with Crippen LogP contribution in [0, 0.1) is 19.7 Å². The molecule has 2 aromatic rings. The SMILES string of the molecule is Cc1cc(F)ccc1Oc1ccc(C(=O)O)cc1C. The fourth-order valence-corrected chi connectivity index (χ4v) is 1.74. The van der Waals surface area contributed by atoms with E-state index >= 15 is 0 Å². The van der Waals surface area contributed by atoms with Crippen molar-refractivity contribution >= 4 is 5.97 Å². The molecule has 0 saturated heterocycles. The molecule has 3 nitrogen and oxygen atoms in total. The molecule has 2 aromatic carbocycles. The summed E-state index contributed by atoms with van der Waals surface area (Å²) in [6.45, 7) is 3.51. The molecule has 0 atom stereocenters. The summed E-state index contributed by atoms with van der Waals surface area (Å²) in [5.74, 6) is -0.192. The van der Waals surface area contributed by atoms with Crippen LogP contribution in [-0.4, -0.2) is 11.1 Å². The van der Waals surface area contributed by atoms with Gasteiger partial charge in [0.1, 0.15) is 17.3 Å². The van der Waals surface area contributed by atoms with E-state index in [1.807, 2.05) is 0 Å². The molecule has 0 aliphatic heterocycles. The Hall–Kier alpha value is -2.36. The number of carboxylic acid groups (broad SMARTS) is 1. The Kier molecular flexibility index (Phi) is 3.51. The maximum Gasteiger partial charge on any atom is 0.335 e. The van der Waals surface area contributed by atoms with Crippen molar-refractivity contribution in [3.63, 3.8) is 0 Å². The van der Waals surface area contributed by atoms with Crippen LogP contribution in [-0.2, 0) is 0 Å². The molecule has 0 spiro atoms. The molecule has 0 bridgehead atoms. The molecule has 2 rings (SSSR count). The van der Waals surface area contributed by atoms with Crippen LogP contribution in [0.1, 0.15) is 21.5 Å². The van der Waals surface area contributed by atoms with E-state index in [0.29, 0.717) is 22.6 Å². The zero-order valence-electron chi connectivity index (χ0n) is 10.6. The van der Waals surface area contributed by atoms with Crippen molar-refractivity contribution in [2.45, 2.75) is 13.8 Å². The third-order valence-corrected chi connectivity index (χ3v) is 2.78. The van der Waals surface area contributed by atoms with Gasteiger partial charge >= 0.3 is 5.97 Å². The normalized spacial score (nSPS) is 10.3. The molecule has 98 valence electrons. The molecule has 19 heavy (non-hydrogen) atoms. The van der Waals surface area contributed by atoms with E-state index in [0.717, 1.165) is 0 Å². The lowest BCUT2D eigenvalue weighted by molar-refractivity contribution is 0.0697. The first-order chi connectivity index (χ1) is 8.97. The summed E-state index contributed by atoms with van der Waals surface area (Å²) in [4.78, 5) is 10.8. The number of rotatable bonds is 3. The fourth-order valence-electron chi connectivity index (χ4n) is 1.74. The first-order valence-electron chi connectivity index (χ1n) is 5.75. The zero-order chi connectivity index (χ0) is 14.0. The molecule has 0 aliphatic carbocycles. The second kappa shape index (κ2) is 5.10. The monoisotopic (exact) mass is 260 g/mol.